The Balaban J connectivity index is 1.92. The third kappa shape index (κ3) is 2.16. The molecule has 0 aliphatic rings. The number of aromatic amines is 1. The zero-order valence-corrected chi connectivity index (χ0v) is 10.6. The Morgan fingerprint density at radius 3 is 2.95 bits per heavy atom. The minimum atomic E-state index is -0.312. The Hall–Kier alpha value is -2.96. The van der Waals surface area contributed by atoms with Crippen molar-refractivity contribution in [2.24, 2.45) is 0 Å². The fourth-order valence-electron chi connectivity index (χ4n) is 1.86. The number of hydrogen-bond donors (Lipinski definition) is 2. The van der Waals surface area contributed by atoms with Gasteiger partial charge >= 0.3 is 6.01 Å². The van der Waals surface area contributed by atoms with E-state index in [4.69, 9.17) is 4.74 Å². The summed E-state index contributed by atoms with van der Waals surface area (Å²) in [6, 6.07) is 9.30. The van der Waals surface area contributed by atoms with Gasteiger partial charge in [-0.25, -0.2) is 5.10 Å². The summed E-state index contributed by atoms with van der Waals surface area (Å²) in [4.78, 5) is 20.4. The highest BCUT2D eigenvalue weighted by Crippen LogP contribution is 2.17. The van der Waals surface area contributed by atoms with Crippen LogP contribution in [0.1, 0.15) is 10.4 Å². The standard InChI is InChI=1S/C13H11N5O2/c1-20-13-16-12(17-18-13)15-11(19)9-6-2-4-8-5-3-7-14-10(8)9/h2-7H,1H3,(H2,15,16,17,18,19). The second-order valence-electron chi connectivity index (χ2n) is 4.01. The summed E-state index contributed by atoms with van der Waals surface area (Å²) in [5, 5.41) is 9.84. The predicted octanol–water partition coefficient (Wildman–Crippen LogP) is 1.61. The molecule has 7 nitrogen and oxygen atoms in total. The Bertz CT molecular complexity index is 763. The molecule has 2 N–H and O–H groups in total. The van der Waals surface area contributed by atoms with Crippen LogP contribution in [-0.2, 0) is 0 Å². The number of nitrogens with zero attached hydrogens (tertiary/aromatic N) is 3. The van der Waals surface area contributed by atoms with E-state index in [9.17, 15) is 4.79 Å². The maximum atomic E-state index is 12.2. The molecule has 0 radical (unpaired) electrons. The molecule has 20 heavy (non-hydrogen) atoms. The molecule has 0 bridgehead atoms. The molecule has 2 heterocycles. The Labute approximate surface area is 114 Å². The molecule has 0 saturated carbocycles. The van der Waals surface area contributed by atoms with Crippen LogP contribution >= 0.6 is 0 Å². The van der Waals surface area contributed by atoms with Crippen LogP contribution in [0.2, 0.25) is 0 Å². The fraction of sp³-hybridized carbons (Fsp3) is 0.0769. The maximum Gasteiger partial charge on any atom is 0.336 e. The highest BCUT2D eigenvalue weighted by molar-refractivity contribution is 6.11. The molecule has 0 aliphatic heterocycles. The average Bonchev–Trinajstić information content (AvgIpc) is 2.94. The quantitative estimate of drug-likeness (QED) is 0.753. The van der Waals surface area contributed by atoms with Gasteiger partial charge in [0.2, 0.25) is 5.95 Å². The Morgan fingerprint density at radius 2 is 2.15 bits per heavy atom. The van der Waals surface area contributed by atoms with E-state index in [-0.39, 0.29) is 17.9 Å². The molecule has 1 aromatic carbocycles. The van der Waals surface area contributed by atoms with Gasteiger partial charge in [-0.15, -0.1) is 5.10 Å². The minimum Gasteiger partial charge on any atom is -0.466 e. The van der Waals surface area contributed by atoms with E-state index in [2.05, 4.69) is 25.5 Å². The van der Waals surface area contributed by atoms with E-state index in [0.717, 1.165) is 5.39 Å². The number of carbonyl (C=O) groups excluding carboxylic acids is 1. The van der Waals surface area contributed by atoms with Crippen LogP contribution < -0.4 is 10.1 Å². The molecule has 0 atom stereocenters. The predicted molar refractivity (Wildman–Crippen MR) is 72.6 cm³/mol. The minimum absolute atomic E-state index is 0.163. The lowest BCUT2D eigenvalue weighted by molar-refractivity contribution is 0.102. The smallest absolute Gasteiger partial charge is 0.336 e. The second-order valence-corrected chi connectivity index (χ2v) is 4.01. The van der Waals surface area contributed by atoms with Crippen molar-refractivity contribution >= 4 is 22.8 Å². The number of methoxy groups -OCH3 is 1. The molecule has 3 aromatic rings. The van der Waals surface area contributed by atoms with Crippen LogP contribution in [0.4, 0.5) is 5.95 Å². The number of aromatic nitrogens is 4. The molecule has 0 saturated heterocycles. The van der Waals surface area contributed by atoms with Gasteiger partial charge in [-0.1, -0.05) is 18.2 Å². The van der Waals surface area contributed by atoms with E-state index >= 15 is 0 Å². The molecule has 0 fully saturated rings. The molecular weight excluding hydrogens is 258 g/mol. The second kappa shape index (κ2) is 4.96. The van der Waals surface area contributed by atoms with E-state index in [0.29, 0.717) is 11.1 Å². The van der Waals surface area contributed by atoms with Gasteiger partial charge in [0.25, 0.3) is 5.91 Å². The number of pyridine rings is 1. The van der Waals surface area contributed by atoms with Crippen molar-refractivity contribution in [2.75, 3.05) is 12.4 Å². The lowest BCUT2D eigenvalue weighted by Crippen LogP contribution is -2.13. The first kappa shape index (κ1) is 12.1. The first-order valence-corrected chi connectivity index (χ1v) is 5.89. The number of hydrogen-bond acceptors (Lipinski definition) is 5. The number of fused-ring (bicyclic) bond motifs is 1. The highest BCUT2D eigenvalue weighted by atomic mass is 16.5. The molecule has 100 valence electrons. The third-order valence-corrected chi connectivity index (χ3v) is 2.76. The average molecular weight is 269 g/mol. The normalized spacial score (nSPS) is 10.4. The van der Waals surface area contributed by atoms with Crippen molar-refractivity contribution in [1.82, 2.24) is 20.2 Å². The summed E-state index contributed by atoms with van der Waals surface area (Å²) in [6.07, 6.45) is 1.65. The number of amides is 1. The molecule has 0 unspecified atom stereocenters. The summed E-state index contributed by atoms with van der Waals surface area (Å²) in [5.74, 6) is -0.0899. The summed E-state index contributed by atoms with van der Waals surface area (Å²) < 4.78 is 4.84. The van der Waals surface area contributed by atoms with E-state index in [1.54, 1.807) is 18.3 Å². The van der Waals surface area contributed by atoms with Crippen LogP contribution in [0.3, 0.4) is 0 Å². The topological polar surface area (TPSA) is 92.8 Å². The van der Waals surface area contributed by atoms with Crippen LogP contribution in [0, 0.1) is 0 Å². The van der Waals surface area contributed by atoms with Gasteiger partial charge in [0, 0.05) is 11.6 Å². The van der Waals surface area contributed by atoms with Gasteiger partial charge < -0.3 is 4.74 Å². The Morgan fingerprint density at radius 1 is 1.30 bits per heavy atom. The van der Waals surface area contributed by atoms with Crippen molar-refractivity contribution in [3.05, 3.63) is 42.1 Å². The van der Waals surface area contributed by atoms with Crippen molar-refractivity contribution in [3.63, 3.8) is 0 Å². The van der Waals surface area contributed by atoms with E-state index < -0.39 is 0 Å². The van der Waals surface area contributed by atoms with Crippen molar-refractivity contribution < 1.29 is 9.53 Å². The number of rotatable bonds is 3. The number of benzene rings is 1. The van der Waals surface area contributed by atoms with Gasteiger partial charge in [-0.3, -0.25) is 15.1 Å². The lowest BCUT2D eigenvalue weighted by atomic mass is 10.1. The highest BCUT2D eigenvalue weighted by Gasteiger charge is 2.13. The van der Waals surface area contributed by atoms with Crippen molar-refractivity contribution in [3.8, 4) is 6.01 Å². The summed E-state index contributed by atoms with van der Waals surface area (Å²) in [5.41, 5.74) is 1.11. The van der Waals surface area contributed by atoms with Crippen molar-refractivity contribution in [1.29, 1.82) is 0 Å². The van der Waals surface area contributed by atoms with Gasteiger partial charge in [0.1, 0.15) is 0 Å². The van der Waals surface area contributed by atoms with Gasteiger partial charge in [0.05, 0.1) is 18.2 Å². The number of H-pyrrole nitrogens is 1. The summed E-state index contributed by atoms with van der Waals surface area (Å²) >= 11 is 0. The molecular formula is C13H11N5O2. The van der Waals surface area contributed by atoms with Gasteiger partial charge in [0.15, 0.2) is 0 Å². The molecule has 1 amide bonds. The summed E-state index contributed by atoms with van der Waals surface area (Å²) in [6.45, 7) is 0. The van der Waals surface area contributed by atoms with E-state index in [1.807, 2.05) is 18.2 Å². The SMILES string of the molecule is COc1n[nH]c(NC(=O)c2cccc3cccnc23)n1. The first-order chi connectivity index (χ1) is 9.78. The number of ether oxygens (including phenoxy) is 1. The fourth-order valence-corrected chi connectivity index (χ4v) is 1.86. The largest absolute Gasteiger partial charge is 0.466 e. The lowest BCUT2D eigenvalue weighted by Gasteiger charge is -2.04. The van der Waals surface area contributed by atoms with Crippen molar-refractivity contribution in [2.45, 2.75) is 0 Å². The van der Waals surface area contributed by atoms with E-state index in [1.165, 1.54) is 7.11 Å². The maximum absolute atomic E-state index is 12.2. The first-order valence-electron chi connectivity index (χ1n) is 5.89. The number of anilines is 1. The number of para-hydroxylation sites is 1. The molecule has 0 spiro atoms. The number of carbonyl (C=O) groups is 1. The molecule has 2 aromatic heterocycles. The zero-order chi connectivity index (χ0) is 13.9. The monoisotopic (exact) mass is 269 g/mol. The molecule has 0 aliphatic carbocycles. The molecule has 3 rings (SSSR count). The van der Waals surface area contributed by atoms with Crippen LogP contribution in [0.25, 0.3) is 10.9 Å². The Kier molecular flexibility index (Phi) is 3.00. The zero-order valence-electron chi connectivity index (χ0n) is 10.6. The summed E-state index contributed by atoms with van der Waals surface area (Å²) in [7, 11) is 1.45. The molecule has 7 heteroatoms. The third-order valence-electron chi connectivity index (χ3n) is 2.76. The number of nitrogens with one attached hydrogen (secondary N) is 2. The van der Waals surface area contributed by atoms with Gasteiger partial charge in [-0.2, -0.15) is 4.98 Å². The van der Waals surface area contributed by atoms with Crippen LogP contribution in [-0.4, -0.2) is 33.2 Å². The van der Waals surface area contributed by atoms with Crippen LogP contribution in [0.15, 0.2) is 36.5 Å². The van der Waals surface area contributed by atoms with Crippen LogP contribution in [0.5, 0.6) is 6.01 Å². The van der Waals surface area contributed by atoms with Gasteiger partial charge in [-0.05, 0) is 12.1 Å².